The van der Waals surface area contributed by atoms with E-state index < -0.39 is 0 Å². The number of hydrogen-bond acceptors (Lipinski definition) is 6. The summed E-state index contributed by atoms with van der Waals surface area (Å²) < 4.78 is 11.5. The second kappa shape index (κ2) is 9.09. The molecule has 0 aliphatic carbocycles. The number of carbonyl (C=O) groups is 1. The number of rotatable bonds is 7. The normalized spacial score (nSPS) is 11.1. The topological polar surface area (TPSA) is 88.6 Å². The maximum Gasteiger partial charge on any atom is 0.250 e. The van der Waals surface area contributed by atoms with Gasteiger partial charge in [-0.25, -0.2) is 10.4 Å². The summed E-state index contributed by atoms with van der Waals surface area (Å²) in [4.78, 5) is 19.6. The van der Waals surface area contributed by atoms with Crippen LogP contribution in [0.5, 0.6) is 11.5 Å². The number of H-pyrrole nitrogens is 1. The van der Waals surface area contributed by atoms with E-state index in [9.17, 15) is 4.79 Å². The molecule has 27 heavy (non-hydrogen) atoms. The fraction of sp³-hybridized carbons (Fsp3) is 0.167. The molecule has 1 aromatic heterocycles. The van der Waals surface area contributed by atoms with Crippen molar-refractivity contribution in [2.75, 3.05) is 20.0 Å². The number of hydrogen-bond donors (Lipinski definition) is 2. The lowest BCUT2D eigenvalue weighted by Gasteiger charge is -2.10. The van der Waals surface area contributed by atoms with Crippen LogP contribution in [0.25, 0.3) is 11.0 Å². The molecule has 2 N–H and O–H groups in total. The van der Waals surface area contributed by atoms with Crippen molar-refractivity contribution in [1.82, 2.24) is 15.4 Å². The first-order valence-corrected chi connectivity index (χ1v) is 9.98. The Morgan fingerprint density at radius 1 is 1.33 bits per heavy atom. The minimum absolute atomic E-state index is 0.209. The van der Waals surface area contributed by atoms with Gasteiger partial charge in [0.25, 0.3) is 5.91 Å². The number of nitrogens with zero attached hydrogens (tertiary/aromatic N) is 2. The minimum atomic E-state index is -0.216. The van der Waals surface area contributed by atoms with E-state index in [1.54, 1.807) is 26.5 Å². The summed E-state index contributed by atoms with van der Waals surface area (Å²) in [5.41, 5.74) is 5.13. The van der Waals surface area contributed by atoms with Crippen LogP contribution in [0.15, 0.2) is 46.7 Å². The van der Waals surface area contributed by atoms with Gasteiger partial charge in [0.2, 0.25) is 0 Å². The van der Waals surface area contributed by atoms with Gasteiger partial charge in [0.05, 0.1) is 40.8 Å². The standard InChI is InChI=1S/C18H17IN4O3S/c1-25-15-8-11(7-12(19)17(15)26-2)9-20-23-16(24)10-27-18-21-13-5-3-4-6-14(13)22-18/h3-9H,10H2,1-2H3,(H,21,22)(H,23,24)/b20-9-. The molecule has 0 unspecified atom stereocenters. The van der Waals surface area contributed by atoms with E-state index in [0.717, 1.165) is 20.2 Å². The van der Waals surface area contributed by atoms with Crippen LogP contribution in [0.1, 0.15) is 5.56 Å². The number of nitrogens with one attached hydrogen (secondary N) is 2. The molecule has 0 saturated heterocycles. The Bertz CT molecular complexity index is 957. The summed E-state index contributed by atoms with van der Waals surface area (Å²) in [6.07, 6.45) is 1.56. The monoisotopic (exact) mass is 496 g/mol. The summed E-state index contributed by atoms with van der Waals surface area (Å²) in [7, 11) is 3.17. The summed E-state index contributed by atoms with van der Waals surface area (Å²) in [6.45, 7) is 0. The van der Waals surface area contributed by atoms with Crippen molar-refractivity contribution in [2.24, 2.45) is 5.10 Å². The lowest BCUT2D eigenvalue weighted by molar-refractivity contribution is -0.118. The maximum atomic E-state index is 12.0. The van der Waals surface area contributed by atoms with Gasteiger partial charge in [0.15, 0.2) is 16.7 Å². The molecular formula is C18H17IN4O3S. The van der Waals surface area contributed by atoms with Gasteiger partial charge in [-0.1, -0.05) is 23.9 Å². The number of methoxy groups -OCH3 is 2. The van der Waals surface area contributed by atoms with Gasteiger partial charge in [0, 0.05) is 0 Å². The van der Waals surface area contributed by atoms with Gasteiger partial charge >= 0.3 is 0 Å². The number of aromatic amines is 1. The first-order chi connectivity index (χ1) is 13.1. The van der Waals surface area contributed by atoms with Gasteiger partial charge in [-0.15, -0.1) is 0 Å². The fourth-order valence-corrected chi connectivity index (χ4v) is 3.88. The van der Waals surface area contributed by atoms with Gasteiger partial charge in [-0.2, -0.15) is 5.10 Å². The van der Waals surface area contributed by atoms with E-state index in [-0.39, 0.29) is 11.7 Å². The fourth-order valence-electron chi connectivity index (χ4n) is 2.36. The third-order valence-electron chi connectivity index (χ3n) is 3.57. The van der Waals surface area contributed by atoms with Crippen molar-refractivity contribution >= 4 is 57.5 Å². The molecule has 3 aromatic rings. The molecule has 0 fully saturated rings. The van der Waals surface area contributed by atoms with Crippen LogP contribution < -0.4 is 14.9 Å². The Labute approximate surface area is 174 Å². The Morgan fingerprint density at radius 2 is 2.15 bits per heavy atom. The number of imidazole rings is 1. The highest BCUT2D eigenvalue weighted by atomic mass is 127. The molecular weight excluding hydrogens is 479 g/mol. The molecule has 3 rings (SSSR count). The van der Waals surface area contributed by atoms with Crippen molar-refractivity contribution in [3.05, 3.63) is 45.5 Å². The Kier molecular flexibility index (Phi) is 6.56. The summed E-state index contributed by atoms with van der Waals surface area (Å²) >= 11 is 3.48. The Morgan fingerprint density at radius 3 is 2.89 bits per heavy atom. The third-order valence-corrected chi connectivity index (χ3v) is 5.24. The maximum absolute atomic E-state index is 12.0. The molecule has 0 saturated carbocycles. The number of aromatic nitrogens is 2. The van der Waals surface area contributed by atoms with Crippen molar-refractivity contribution in [1.29, 1.82) is 0 Å². The van der Waals surface area contributed by atoms with E-state index in [1.165, 1.54) is 11.8 Å². The highest BCUT2D eigenvalue weighted by Gasteiger charge is 2.10. The first kappa shape index (κ1) is 19.5. The predicted molar refractivity (Wildman–Crippen MR) is 115 cm³/mol. The lowest BCUT2D eigenvalue weighted by atomic mass is 10.2. The van der Waals surface area contributed by atoms with E-state index >= 15 is 0 Å². The number of halogens is 1. The molecule has 0 bridgehead atoms. The van der Waals surface area contributed by atoms with Crippen molar-refractivity contribution in [2.45, 2.75) is 5.16 Å². The molecule has 2 aromatic carbocycles. The zero-order chi connectivity index (χ0) is 19.2. The number of amides is 1. The second-order valence-electron chi connectivity index (χ2n) is 5.38. The molecule has 0 atom stereocenters. The number of hydrazone groups is 1. The molecule has 0 radical (unpaired) electrons. The average Bonchev–Trinajstić information content (AvgIpc) is 3.09. The predicted octanol–water partition coefficient (Wildman–Crippen LogP) is 3.43. The number of carbonyl (C=O) groups excluding carboxylic acids is 1. The molecule has 9 heteroatoms. The summed E-state index contributed by atoms with van der Waals surface area (Å²) in [5, 5.41) is 4.70. The molecule has 0 spiro atoms. The first-order valence-electron chi connectivity index (χ1n) is 7.91. The molecule has 0 aliphatic heterocycles. The lowest BCUT2D eigenvalue weighted by Crippen LogP contribution is -2.19. The van der Waals surface area contributed by atoms with E-state index in [4.69, 9.17) is 9.47 Å². The third kappa shape index (κ3) is 4.92. The minimum Gasteiger partial charge on any atom is -0.493 e. The number of thioether (sulfide) groups is 1. The molecule has 1 heterocycles. The van der Waals surface area contributed by atoms with Crippen LogP contribution in [0, 0.1) is 3.57 Å². The van der Waals surface area contributed by atoms with Crippen LogP contribution >= 0.6 is 34.4 Å². The largest absolute Gasteiger partial charge is 0.493 e. The van der Waals surface area contributed by atoms with Crippen LogP contribution in [0.3, 0.4) is 0 Å². The van der Waals surface area contributed by atoms with Gasteiger partial charge in [-0.05, 0) is 52.4 Å². The van der Waals surface area contributed by atoms with Gasteiger partial charge in [-0.3, -0.25) is 4.79 Å². The van der Waals surface area contributed by atoms with E-state index in [1.807, 2.05) is 30.3 Å². The Hall–Kier alpha value is -2.27. The average molecular weight is 496 g/mol. The van der Waals surface area contributed by atoms with Crippen LogP contribution in [-0.4, -0.2) is 42.1 Å². The smallest absolute Gasteiger partial charge is 0.250 e. The second-order valence-corrected chi connectivity index (χ2v) is 7.51. The highest BCUT2D eigenvalue weighted by Crippen LogP contribution is 2.33. The van der Waals surface area contributed by atoms with E-state index in [2.05, 4.69) is 43.1 Å². The number of para-hydroxylation sites is 2. The SMILES string of the molecule is COc1cc(/C=N\NC(=O)CSc2nc3ccccc3[nH]2)cc(I)c1OC. The summed E-state index contributed by atoms with van der Waals surface area (Å²) in [6, 6.07) is 11.4. The van der Waals surface area contributed by atoms with Crippen LogP contribution in [0.4, 0.5) is 0 Å². The number of ether oxygens (including phenoxy) is 2. The van der Waals surface area contributed by atoms with Crippen molar-refractivity contribution in [3.8, 4) is 11.5 Å². The summed E-state index contributed by atoms with van der Waals surface area (Å²) in [5.74, 6) is 1.27. The van der Waals surface area contributed by atoms with Gasteiger partial charge in [0.1, 0.15) is 0 Å². The van der Waals surface area contributed by atoms with E-state index in [0.29, 0.717) is 16.7 Å². The molecule has 140 valence electrons. The molecule has 0 aliphatic rings. The van der Waals surface area contributed by atoms with Crippen LogP contribution in [0.2, 0.25) is 0 Å². The quantitative estimate of drug-likeness (QED) is 0.227. The van der Waals surface area contributed by atoms with Crippen LogP contribution in [-0.2, 0) is 4.79 Å². The number of fused-ring (bicyclic) bond motifs is 1. The molecule has 1 amide bonds. The Balaban J connectivity index is 1.56. The van der Waals surface area contributed by atoms with Gasteiger partial charge < -0.3 is 14.5 Å². The number of benzene rings is 2. The zero-order valence-electron chi connectivity index (χ0n) is 14.7. The van der Waals surface area contributed by atoms with Crippen molar-refractivity contribution in [3.63, 3.8) is 0 Å². The molecule has 7 nitrogen and oxygen atoms in total. The van der Waals surface area contributed by atoms with Crippen molar-refractivity contribution < 1.29 is 14.3 Å². The zero-order valence-corrected chi connectivity index (χ0v) is 17.6. The highest BCUT2D eigenvalue weighted by molar-refractivity contribution is 14.1.